The molecule has 0 aliphatic carbocycles. The summed E-state index contributed by atoms with van der Waals surface area (Å²) in [7, 11) is 0. The molecule has 4 atom stereocenters. The van der Waals surface area contributed by atoms with Crippen LogP contribution in [0.2, 0.25) is 0 Å². The summed E-state index contributed by atoms with van der Waals surface area (Å²) in [6.45, 7) is 1.43. The zero-order chi connectivity index (χ0) is 27.0. The van der Waals surface area contributed by atoms with Crippen LogP contribution in [-0.2, 0) is 14.4 Å². The highest BCUT2D eigenvalue weighted by Gasteiger charge is 2.33. The number of halogens is 1. The third kappa shape index (κ3) is 7.72. The van der Waals surface area contributed by atoms with Crippen molar-refractivity contribution >= 4 is 51.9 Å². The Labute approximate surface area is 220 Å². The zero-order valence-electron chi connectivity index (χ0n) is 19.5. The predicted octanol–water partition coefficient (Wildman–Crippen LogP) is -0.955. The first-order chi connectivity index (χ1) is 17.0. The van der Waals surface area contributed by atoms with Gasteiger partial charge in [0.2, 0.25) is 17.7 Å². The van der Waals surface area contributed by atoms with Gasteiger partial charge in [-0.05, 0) is 55.3 Å². The molecule has 1 aliphatic heterocycles. The number of ether oxygens (including phenoxy) is 1. The summed E-state index contributed by atoms with van der Waals surface area (Å²) in [5.41, 5.74) is 10.4. The van der Waals surface area contributed by atoms with E-state index in [1.165, 1.54) is 13.0 Å². The second kappa shape index (κ2) is 13.3. The lowest BCUT2D eigenvalue weighted by Crippen LogP contribution is -2.59. The molecule has 0 aromatic heterocycles. The van der Waals surface area contributed by atoms with E-state index in [4.69, 9.17) is 16.2 Å². The minimum absolute atomic E-state index is 0.00767. The van der Waals surface area contributed by atoms with Crippen LogP contribution in [0.3, 0.4) is 0 Å². The number of benzene rings is 1. The lowest BCUT2D eigenvalue weighted by atomic mass is 10.0. The fourth-order valence-electron chi connectivity index (χ4n) is 3.48. The van der Waals surface area contributed by atoms with E-state index >= 15 is 0 Å². The van der Waals surface area contributed by atoms with Crippen molar-refractivity contribution in [3.05, 3.63) is 31.4 Å². The Balaban J connectivity index is 2.55. The van der Waals surface area contributed by atoms with Gasteiger partial charge in [0.15, 0.2) is 0 Å². The molecule has 1 aromatic rings. The van der Waals surface area contributed by atoms with E-state index in [0.717, 1.165) is 6.07 Å². The molecule has 198 valence electrons. The van der Waals surface area contributed by atoms with Crippen LogP contribution in [-0.4, -0.2) is 71.0 Å². The Morgan fingerprint density at radius 2 is 1.94 bits per heavy atom. The molecule has 2 rings (SSSR count). The van der Waals surface area contributed by atoms with Crippen molar-refractivity contribution in [2.75, 3.05) is 13.2 Å². The van der Waals surface area contributed by atoms with Gasteiger partial charge in [0.05, 0.1) is 26.8 Å². The van der Waals surface area contributed by atoms with Crippen molar-refractivity contribution in [3.63, 3.8) is 0 Å². The first kappa shape index (κ1) is 29.2. The highest BCUT2D eigenvalue weighted by atomic mass is 127. The van der Waals surface area contributed by atoms with Gasteiger partial charge in [-0.15, -0.1) is 0 Å². The maximum atomic E-state index is 13.2. The smallest absolute Gasteiger partial charge is 0.271 e. The van der Waals surface area contributed by atoms with Gasteiger partial charge in [-0.3, -0.25) is 29.3 Å². The number of aliphatic hydroxyl groups is 1. The molecule has 1 aromatic carbocycles. The molecule has 36 heavy (non-hydrogen) atoms. The first-order valence-electron chi connectivity index (χ1n) is 11.2. The Morgan fingerprint density at radius 3 is 2.53 bits per heavy atom. The van der Waals surface area contributed by atoms with Gasteiger partial charge in [-0.1, -0.05) is 0 Å². The van der Waals surface area contributed by atoms with Crippen molar-refractivity contribution in [3.8, 4) is 5.75 Å². The molecule has 0 spiro atoms. The van der Waals surface area contributed by atoms with E-state index in [0.29, 0.717) is 19.4 Å². The summed E-state index contributed by atoms with van der Waals surface area (Å²) in [5.74, 6) is -3.33. The number of aliphatic hydroxyl groups excluding tert-OH is 1. The van der Waals surface area contributed by atoms with Crippen LogP contribution in [0.1, 0.15) is 43.0 Å². The lowest BCUT2D eigenvalue weighted by molar-refractivity contribution is -0.385. The number of nitrogens with one attached hydrogen (secondary N) is 3. The van der Waals surface area contributed by atoms with E-state index in [2.05, 4.69) is 16.0 Å². The number of carbonyl (C=O) groups is 4. The second-order valence-corrected chi connectivity index (χ2v) is 9.36. The van der Waals surface area contributed by atoms with Crippen molar-refractivity contribution in [1.82, 2.24) is 16.0 Å². The largest absolute Gasteiger partial charge is 0.492 e. The Hall–Kier alpha value is -3.05. The SMILES string of the molecule is CC(O)[C@@H]1NC(=O)C(CCCCN)NC(=O)c2cc([N+](=O)[O-])cc(I)c2OCCC(C(N)=O)NC1=O. The average molecular weight is 620 g/mol. The third-order valence-corrected chi connectivity index (χ3v) is 6.23. The number of amides is 4. The number of rotatable bonds is 7. The maximum absolute atomic E-state index is 13.2. The molecule has 15 heteroatoms. The van der Waals surface area contributed by atoms with Gasteiger partial charge >= 0.3 is 0 Å². The van der Waals surface area contributed by atoms with Gasteiger partial charge < -0.3 is 37.3 Å². The standard InChI is InChI=1S/C21H29IN6O8/c1-10(29)16-21(33)25-14(18(24)30)5-7-36-17-12(8-11(28(34)35)9-13(17)22)19(31)26-15(20(32)27-16)4-2-3-6-23/h8-10,14-16,29H,2-7,23H2,1H3,(H2,24,30)(H,25,33)(H,26,31)(H,27,32)/t10?,14?,15?,16-/m0/s1. The topological polar surface area (TPSA) is 229 Å². The molecule has 0 bridgehead atoms. The highest BCUT2D eigenvalue weighted by Crippen LogP contribution is 2.31. The number of hydrogen-bond donors (Lipinski definition) is 6. The number of nitrogens with two attached hydrogens (primary N) is 2. The number of carbonyl (C=O) groups excluding carboxylic acids is 4. The van der Waals surface area contributed by atoms with Crippen LogP contribution in [0.15, 0.2) is 12.1 Å². The Morgan fingerprint density at radius 1 is 1.25 bits per heavy atom. The van der Waals surface area contributed by atoms with Crippen LogP contribution in [0.5, 0.6) is 5.75 Å². The predicted molar refractivity (Wildman–Crippen MR) is 135 cm³/mol. The van der Waals surface area contributed by atoms with Gasteiger partial charge in [-0.2, -0.15) is 0 Å². The summed E-state index contributed by atoms with van der Waals surface area (Å²) in [4.78, 5) is 61.7. The molecule has 1 aliphatic rings. The lowest BCUT2D eigenvalue weighted by Gasteiger charge is -2.27. The molecule has 0 radical (unpaired) electrons. The molecule has 0 saturated carbocycles. The summed E-state index contributed by atoms with van der Waals surface area (Å²) < 4.78 is 5.95. The normalized spacial score (nSPS) is 22.1. The summed E-state index contributed by atoms with van der Waals surface area (Å²) in [6.07, 6.45) is -0.340. The van der Waals surface area contributed by atoms with Crippen LogP contribution < -0.4 is 32.2 Å². The molecule has 0 saturated heterocycles. The highest BCUT2D eigenvalue weighted by molar-refractivity contribution is 14.1. The van der Waals surface area contributed by atoms with Crippen molar-refractivity contribution in [2.45, 2.75) is 56.8 Å². The van der Waals surface area contributed by atoms with E-state index in [-0.39, 0.29) is 40.0 Å². The molecule has 8 N–H and O–H groups in total. The quantitative estimate of drug-likeness (QED) is 0.0954. The summed E-state index contributed by atoms with van der Waals surface area (Å²) >= 11 is 1.77. The van der Waals surface area contributed by atoms with E-state index in [1.807, 2.05) is 0 Å². The monoisotopic (exact) mass is 620 g/mol. The van der Waals surface area contributed by atoms with Crippen LogP contribution in [0.25, 0.3) is 0 Å². The average Bonchev–Trinajstić information content (AvgIpc) is 2.80. The molecular formula is C21H29IN6O8. The van der Waals surface area contributed by atoms with E-state index < -0.39 is 52.8 Å². The minimum atomic E-state index is -1.45. The fraction of sp³-hybridized carbons (Fsp3) is 0.524. The molecule has 3 unspecified atom stereocenters. The van der Waals surface area contributed by atoms with Crippen LogP contribution in [0.4, 0.5) is 5.69 Å². The van der Waals surface area contributed by atoms with Crippen molar-refractivity contribution < 1.29 is 33.9 Å². The second-order valence-electron chi connectivity index (χ2n) is 8.20. The van der Waals surface area contributed by atoms with Crippen LogP contribution in [0, 0.1) is 13.7 Å². The van der Waals surface area contributed by atoms with Gasteiger partial charge in [0, 0.05) is 18.6 Å². The summed E-state index contributed by atoms with van der Waals surface area (Å²) in [6, 6.07) is -1.60. The molecule has 4 amide bonds. The van der Waals surface area contributed by atoms with Crippen molar-refractivity contribution in [1.29, 1.82) is 0 Å². The van der Waals surface area contributed by atoms with E-state index in [1.54, 1.807) is 22.6 Å². The van der Waals surface area contributed by atoms with E-state index in [9.17, 15) is 34.4 Å². The summed E-state index contributed by atoms with van der Waals surface area (Å²) in [5, 5.41) is 28.8. The maximum Gasteiger partial charge on any atom is 0.271 e. The van der Waals surface area contributed by atoms with Crippen molar-refractivity contribution in [2.24, 2.45) is 11.5 Å². The fourth-order valence-corrected chi connectivity index (χ4v) is 4.25. The number of nitro groups is 1. The molecule has 1 heterocycles. The first-order valence-corrected chi connectivity index (χ1v) is 12.2. The van der Waals surface area contributed by atoms with Gasteiger partial charge in [0.1, 0.15) is 23.9 Å². The van der Waals surface area contributed by atoms with Crippen LogP contribution >= 0.6 is 22.6 Å². The minimum Gasteiger partial charge on any atom is -0.492 e. The Kier molecular flexibility index (Phi) is 10.8. The number of fused-ring (bicyclic) bond motifs is 1. The third-order valence-electron chi connectivity index (χ3n) is 5.43. The number of nitrogens with zero attached hydrogens (tertiary/aromatic N) is 1. The zero-order valence-corrected chi connectivity index (χ0v) is 21.6. The number of non-ortho nitro benzene ring substituents is 1. The number of unbranched alkanes of at least 4 members (excludes halogenated alkanes) is 1. The van der Waals surface area contributed by atoms with Gasteiger partial charge in [-0.25, -0.2) is 0 Å². The number of hydrogen-bond acceptors (Lipinski definition) is 9. The van der Waals surface area contributed by atoms with Gasteiger partial charge in [0.25, 0.3) is 11.6 Å². The molecular weight excluding hydrogens is 591 g/mol. The Bertz CT molecular complexity index is 1020. The molecule has 14 nitrogen and oxygen atoms in total. The number of nitro benzene ring substituents is 1. The number of primary amides is 1. The molecule has 0 fully saturated rings.